The van der Waals surface area contributed by atoms with Gasteiger partial charge < -0.3 is 9.90 Å². The third-order valence-corrected chi connectivity index (χ3v) is 1.57. The average molecular weight is 170 g/mol. The van der Waals surface area contributed by atoms with Crippen LogP contribution in [-0.4, -0.2) is 11.2 Å². The van der Waals surface area contributed by atoms with Gasteiger partial charge in [0.15, 0.2) is 0 Å². The van der Waals surface area contributed by atoms with Crippen LogP contribution < -0.4 is 34.7 Å². The number of rotatable bonds is 4. The standard InChI is InChI=1S/C6H12O2S.Na/c1-2-3-4-5(9)6(7)8;/h5,9H,2-4H2,1H3,(H,7,8);/q;+1/p-1/t5-;/m1./s1. The SMILES string of the molecule is CCCC[C@@H](S)C(=O)[O-].[Na+]. The van der Waals surface area contributed by atoms with Crippen molar-refractivity contribution >= 4 is 18.6 Å². The van der Waals surface area contributed by atoms with E-state index in [1.54, 1.807) is 0 Å². The number of hydrogen-bond donors (Lipinski definition) is 1. The maximum atomic E-state index is 10.0. The molecule has 10 heavy (non-hydrogen) atoms. The van der Waals surface area contributed by atoms with Gasteiger partial charge in [0.05, 0.1) is 5.97 Å². The van der Waals surface area contributed by atoms with Crippen LogP contribution in [0.4, 0.5) is 0 Å². The summed E-state index contributed by atoms with van der Waals surface area (Å²) >= 11 is 3.80. The van der Waals surface area contributed by atoms with Gasteiger partial charge in [0.2, 0.25) is 0 Å². The molecule has 0 saturated heterocycles. The molecule has 0 saturated carbocycles. The summed E-state index contributed by atoms with van der Waals surface area (Å²) in [5.41, 5.74) is 0. The predicted molar refractivity (Wildman–Crippen MR) is 37.3 cm³/mol. The van der Waals surface area contributed by atoms with E-state index in [4.69, 9.17) is 0 Å². The van der Waals surface area contributed by atoms with E-state index >= 15 is 0 Å². The van der Waals surface area contributed by atoms with Crippen LogP contribution in [0.2, 0.25) is 0 Å². The average Bonchev–Trinajstić information content (AvgIpc) is 1.82. The minimum atomic E-state index is -1.06. The third kappa shape index (κ3) is 6.93. The molecule has 0 aliphatic heterocycles. The zero-order valence-corrected chi connectivity index (χ0v) is 9.36. The van der Waals surface area contributed by atoms with Crippen molar-refractivity contribution < 1.29 is 39.5 Å². The zero-order valence-electron chi connectivity index (χ0n) is 6.46. The van der Waals surface area contributed by atoms with E-state index in [0.29, 0.717) is 6.42 Å². The summed E-state index contributed by atoms with van der Waals surface area (Å²) in [5.74, 6) is -1.06. The van der Waals surface area contributed by atoms with Crippen LogP contribution in [0, 0.1) is 0 Å². The summed E-state index contributed by atoms with van der Waals surface area (Å²) in [7, 11) is 0. The number of carboxylic acids is 1. The van der Waals surface area contributed by atoms with Gasteiger partial charge in [0.1, 0.15) is 0 Å². The van der Waals surface area contributed by atoms with E-state index in [0.717, 1.165) is 12.8 Å². The fraction of sp³-hybridized carbons (Fsp3) is 0.833. The van der Waals surface area contributed by atoms with Gasteiger partial charge in [0, 0.05) is 5.25 Å². The first-order chi connectivity index (χ1) is 4.18. The number of carbonyl (C=O) groups is 1. The molecule has 0 bridgehead atoms. The fourth-order valence-corrected chi connectivity index (χ4v) is 0.698. The van der Waals surface area contributed by atoms with Gasteiger partial charge in [-0.1, -0.05) is 19.8 Å². The second kappa shape index (κ2) is 7.92. The molecule has 0 aliphatic rings. The summed E-state index contributed by atoms with van der Waals surface area (Å²) in [6, 6.07) is 0. The molecule has 0 unspecified atom stereocenters. The van der Waals surface area contributed by atoms with Crippen molar-refractivity contribution in [3.05, 3.63) is 0 Å². The van der Waals surface area contributed by atoms with Crippen molar-refractivity contribution in [2.24, 2.45) is 0 Å². The van der Waals surface area contributed by atoms with Crippen LogP contribution in [0.1, 0.15) is 26.2 Å². The summed E-state index contributed by atoms with van der Waals surface area (Å²) in [5, 5.41) is 9.44. The molecule has 4 heteroatoms. The van der Waals surface area contributed by atoms with Crippen molar-refractivity contribution in [1.82, 2.24) is 0 Å². The molecule has 0 spiro atoms. The van der Waals surface area contributed by atoms with Crippen LogP contribution in [0.3, 0.4) is 0 Å². The number of aliphatic carboxylic acids is 1. The maximum absolute atomic E-state index is 10.0. The summed E-state index contributed by atoms with van der Waals surface area (Å²) in [6.45, 7) is 2.01. The second-order valence-electron chi connectivity index (χ2n) is 1.98. The van der Waals surface area contributed by atoms with Crippen molar-refractivity contribution in [2.75, 3.05) is 0 Å². The molecule has 0 aromatic heterocycles. The quantitative estimate of drug-likeness (QED) is 0.366. The minimum Gasteiger partial charge on any atom is -0.549 e. The van der Waals surface area contributed by atoms with Gasteiger partial charge in [-0.3, -0.25) is 0 Å². The molecule has 54 valence electrons. The van der Waals surface area contributed by atoms with E-state index < -0.39 is 11.2 Å². The van der Waals surface area contributed by atoms with Gasteiger partial charge in [-0.2, -0.15) is 12.6 Å². The summed E-state index contributed by atoms with van der Waals surface area (Å²) < 4.78 is 0. The predicted octanol–water partition coefficient (Wildman–Crippen LogP) is -2.77. The first-order valence-electron chi connectivity index (χ1n) is 3.07. The molecule has 0 rings (SSSR count). The van der Waals surface area contributed by atoms with Crippen molar-refractivity contribution in [3.63, 3.8) is 0 Å². The Balaban J connectivity index is 0. The Morgan fingerprint density at radius 3 is 2.50 bits per heavy atom. The van der Waals surface area contributed by atoms with Gasteiger partial charge >= 0.3 is 29.6 Å². The molecule has 1 atom stereocenters. The monoisotopic (exact) mass is 170 g/mol. The minimum absolute atomic E-state index is 0. The Bertz CT molecular complexity index is 97.7. The Labute approximate surface area is 89.1 Å². The molecule has 0 heterocycles. The van der Waals surface area contributed by atoms with Gasteiger partial charge in [-0.05, 0) is 6.42 Å². The Kier molecular flexibility index (Phi) is 10.6. The van der Waals surface area contributed by atoms with E-state index in [-0.39, 0.29) is 29.6 Å². The number of unbranched alkanes of at least 4 members (excludes halogenated alkanes) is 1. The second-order valence-corrected chi connectivity index (χ2v) is 2.60. The molecule has 0 fully saturated rings. The van der Waals surface area contributed by atoms with Gasteiger partial charge in [0.25, 0.3) is 0 Å². The first kappa shape index (κ1) is 13.4. The number of thiol groups is 1. The van der Waals surface area contributed by atoms with E-state index in [1.807, 2.05) is 6.92 Å². The Hall–Kier alpha value is 0.820. The zero-order chi connectivity index (χ0) is 7.28. The van der Waals surface area contributed by atoms with Crippen molar-refractivity contribution in [1.29, 1.82) is 0 Å². The number of hydrogen-bond acceptors (Lipinski definition) is 3. The molecule has 0 aromatic rings. The molecule has 0 aromatic carbocycles. The van der Waals surface area contributed by atoms with Gasteiger partial charge in [-0.25, -0.2) is 0 Å². The maximum Gasteiger partial charge on any atom is 1.00 e. The van der Waals surface area contributed by atoms with Crippen LogP contribution in [0.5, 0.6) is 0 Å². The molecule has 0 amide bonds. The van der Waals surface area contributed by atoms with Crippen LogP contribution in [0.15, 0.2) is 0 Å². The topological polar surface area (TPSA) is 40.1 Å². The van der Waals surface area contributed by atoms with E-state index in [9.17, 15) is 9.90 Å². The van der Waals surface area contributed by atoms with Crippen LogP contribution in [-0.2, 0) is 4.79 Å². The number of carboxylic acid groups (broad SMARTS) is 1. The fourth-order valence-electron chi connectivity index (χ4n) is 0.515. The Morgan fingerprint density at radius 1 is 1.70 bits per heavy atom. The van der Waals surface area contributed by atoms with Crippen molar-refractivity contribution in [2.45, 2.75) is 31.4 Å². The van der Waals surface area contributed by atoms with Crippen LogP contribution in [0.25, 0.3) is 0 Å². The van der Waals surface area contributed by atoms with Crippen molar-refractivity contribution in [3.8, 4) is 0 Å². The van der Waals surface area contributed by atoms with Gasteiger partial charge in [-0.15, -0.1) is 0 Å². The molecular formula is C6H11NaO2S. The third-order valence-electron chi connectivity index (χ3n) is 1.10. The molecule has 0 radical (unpaired) electrons. The normalized spacial score (nSPS) is 11.8. The summed E-state index contributed by atoms with van der Waals surface area (Å²) in [6.07, 6.45) is 2.52. The smallest absolute Gasteiger partial charge is 0.549 e. The molecule has 0 N–H and O–H groups in total. The van der Waals surface area contributed by atoms with E-state index in [1.165, 1.54) is 0 Å². The molecule has 0 aliphatic carbocycles. The molecule has 2 nitrogen and oxygen atoms in total. The Morgan fingerprint density at radius 2 is 2.20 bits per heavy atom. The largest absolute Gasteiger partial charge is 1.00 e. The van der Waals surface area contributed by atoms with E-state index in [2.05, 4.69) is 12.6 Å². The molecular weight excluding hydrogens is 159 g/mol. The summed E-state index contributed by atoms with van der Waals surface area (Å²) in [4.78, 5) is 10.0. The van der Waals surface area contributed by atoms with Crippen LogP contribution >= 0.6 is 12.6 Å². The first-order valence-corrected chi connectivity index (χ1v) is 3.59. The number of carbonyl (C=O) groups excluding carboxylic acids is 1.